The van der Waals surface area contributed by atoms with E-state index in [1.165, 1.54) is 0 Å². The summed E-state index contributed by atoms with van der Waals surface area (Å²) in [6, 6.07) is 3.47. The van der Waals surface area contributed by atoms with Crippen LogP contribution in [0.15, 0.2) is 12.1 Å². The zero-order valence-electron chi connectivity index (χ0n) is 12.1. The van der Waals surface area contributed by atoms with Crippen molar-refractivity contribution in [1.82, 2.24) is 20.0 Å². The molecule has 0 N–H and O–H groups in total. The molecule has 5 nitrogen and oxygen atoms in total. The first kappa shape index (κ1) is 14.2. The van der Waals surface area contributed by atoms with Crippen molar-refractivity contribution in [2.24, 2.45) is 5.92 Å². The third kappa shape index (κ3) is 2.58. The van der Waals surface area contributed by atoms with Gasteiger partial charge < -0.3 is 0 Å². The lowest BCUT2D eigenvalue weighted by atomic mass is 9.86. The minimum absolute atomic E-state index is 0.195. The molecule has 0 radical (unpaired) electrons. The highest BCUT2D eigenvalue weighted by molar-refractivity contribution is 6.29. The first-order valence-corrected chi connectivity index (χ1v) is 7.61. The first-order chi connectivity index (χ1) is 10.1. The van der Waals surface area contributed by atoms with Gasteiger partial charge in [-0.25, -0.2) is 4.68 Å². The average molecular weight is 305 g/mol. The second kappa shape index (κ2) is 5.56. The predicted octanol–water partition coefficient (Wildman–Crippen LogP) is 3.03. The third-order valence-corrected chi connectivity index (χ3v) is 3.93. The summed E-state index contributed by atoms with van der Waals surface area (Å²) in [5.74, 6) is 1.13. The topological polar surface area (TPSA) is 60.7 Å². The number of carbonyl (C=O) groups excluding carboxylic acids is 1. The Morgan fingerprint density at radius 1 is 1.33 bits per heavy atom. The number of ketones is 1. The van der Waals surface area contributed by atoms with E-state index in [0.717, 1.165) is 36.2 Å². The van der Waals surface area contributed by atoms with Crippen LogP contribution in [-0.4, -0.2) is 25.8 Å². The minimum Gasteiger partial charge on any atom is -0.294 e. The number of nitrogens with zero attached hydrogens (tertiary/aromatic N) is 4. The lowest BCUT2D eigenvalue weighted by Crippen LogP contribution is -2.20. The van der Waals surface area contributed by atoms with Gasteiger partial charge in [-0.3, -0.25) is 4.79 Å². The van der Waals surface area contributed by atoms with Gasteiger partial charge in [-0.15, -0.1) is 10.2 Å². The molecule has 0 spiro atoms. The molecule has 1 aliphatic rings. The average Bonchev–Trinajstić information content (AvgIpc) is 2.79. The SMILES string of the molecule is CCCc1nn(-c2ccc(Cl)nn2)c2c1C(=O)CC(C)C2. The molecule has 2 aromatic heterocycles. The highest BCUT2D eigenvalue weighted by Gasteiger charge is 2.30. The fraction of sp³-hybridized carbons (Fsp3) is 0.467. The molecular formula is C15H17ClN4O. The maximum absolute atomic E-state index is 12.4. The lowest BCUT2D eigenvalue weighted by molar-refractivity contribution is 0.0952. The molecule has 0 saturated heterocycles. The normalized spacial score (nSPS) is 17.9. The number of halogens is 1. The van der Waals surface area contributed by atoms with Crippen molar-refractivity contribution in [3.63, 3.8) is 0 Å². The number of hydrogen-bond donors (Lipinski definition) is 0. The molecule has 110 valence electrons. The molecule has 2 heterocycles. The molecule has 1 atom stereocenters. The van der Waals surface area contributed by atoms with Crippen LogP contribution in [0.3, 0.4) is 0 Å². The Hall–Kier alpha value is -1.75. The second-order valence-corrected chi connectivity index (χ2v) is 5.97. The Bertz CT molecular complexity index is 678. The van der Waals surface area contributed by atoms with Gasteiger partial charge in [-0.1, -0.05) is 31.9 Å². The van der Waals surface area contributed by atoms with E-state index in [2.05, 4.69) is 29.1 Å². The van der Waals surface area contributed by atoms with Crippen LogP contribution in [-0.2, 0) is 12.8 Å². The summed E-state index contributed by atoms with van der Waals surface area (Å²) in [6.07, 6.45) is 3.19. The van der Waals surface area contributed by atoms with Gasteiger partial charge in [0.25, 0.3) is 0 Å². The van der Waals surface area contributed by atoms with Crippen LogP contribution in [0.5, 0.6) is 0 Å². The smallest absolute Gasteiger partial charge is 0.176 e. The van der Waals surface area contributed by atoms with Gasteiger partial charge in [-0.2, -0.15) is 5.10 Å². The van der Waals surface area contributed by atoms with E-state index in [1.807, 2.05) is 0 Å². The number of fused-ring (bicyclic) bond motifs is 1. The highest BCUT2D eigenvalue weighted by atomic mass is 35.5. The molecule has 0 bridgehead atoms. The van der Waals surface area contributed by atoms with Crippen molar-refractivity contribution in [3.8, 4) is 5.82 Å². The van der Waals surface area contributed by atoms with Crippen molar-refractivity contribution in [2.75, 3.05) is 0 Å². The molecule has 6 heteroatoms. The van der Waals surface area contributed by atoms with E-state index in [0.29, 0.717) is 23.3 Å². The van der Waals surface area contributed by atoms with E-state index < -0.39 is 0 Å². The van der Waals surface area contributed by atoms with Gasteiger partial charge in [0.1, 0.15) is 0 Å². The second-order valence-electron chi connectivity index (χ2n) is 5.58. The van der Waals surface area contributed by atoms with Crippen molar-refractivity contribution < 1.29 is 4.79 Å². The van der Waals surface area contributed by atoms with E-state index in [-0.39, 0.29) is 5.78 Å². The molecule has 1 aliphatic carbocycles. The molecule has 0 aliphatic heterocycles. The fourth-order valence-corrected chi connectivity index (χ4v) is 2.96. The van der Waals surface area contributed by atoms with E-state index in [9.17, 15) is 4.79 Å². The minimum atomic E-state index is 0.195. The summed E-state index contributed by atoms with van der Waals surface area (Å²) < 4.78 is 1.76. The van der Waals surface area contributed by atoms with Crippen LogP contribution in [0.25, 0.3) is 5.82 Å². The summed E-state index contributed by atoms with van der Waals surface area (Å²) in [4.78, 5) is 12.4. The molecule has 0 fully saturated rings. The van der Waals surface area contributed by atoms with Gasteiger partial charge in [0.15, 0.2) is 16.8 Å². The van der Waals surface area contributed by atoms with Gasteiger partial charge in [-0.05, 0) is 30.9 Å². The van der Waals surface area contributed by atoms with Crippen LogP contribution in [0.4, 0.5) is 0 Å². The van der Waals surface area contributed by atoms with Crippen LogP contribution in [0.2, 0.25) is 5.15 Å². The summed E-state index contributed by atoms with van der Waals surface area (Å²) in [5, 5.41) is 12.9. The molecule has 0 amide bonds. The Morgan fingerprint density at radius 2 is 2.14 bits per heavy atom. The van der Waals surface area contributed by atoms with E-state index in [1.54, 1.807) is 16.8 Å². The molecule has 2 aromatic rings. The van der Waals surface area contributed by atoms with Crippen LogP contribution in [0, 0.1) is 5.92 Å². The Labute approximate surface area is 128 Å². The zero-order chi connectivity index (χ0) is 15.0. The Morgan fingerprint density at radius 3 is 2.81 bits per heavy atom. The molecule has 0 saturated carbocycles. The van der Waals surface area contributed by atoms with Gasteiger partial charge in [0.2, 0.25) is 0 Å². The number of aromatic nitrogens is 4. The van der Waals surface area contributed by atoms with Gasteiger partial charge in [0.05, 0.1) is 17.0 Å². The Kier molecular flexibility index (Phi) is 3.76. The Balaban J connectivity index is 2.15. The van der Waals surface area contributed by atoms with Crippen molar-refractivity contribution in [3.05, 3.63) is 34.2 Å². The standard InChI is InChI=1S/C15H17ClN4O/c1-3-4-10-15-11(7-9(2)8-12(15)21)20(19-10)14-6-5-13(16)17-18-14/h5-6,9H,3-4,7-8H2,1-2H3. The highest BCUT2D eigenvalue weighted by Crippen LogP contribution is 2.30. The molecule has 1 unspecified atom stereocenters. The first-order valence-electron chi connectivity index (χ1n) is 7.23. The maximum atomic E-state index is 12.4. The summed E-state index contributed by atoms with van der Waals surface area (Å²) in [6.45, 7) is 4.18. The number of carbonyl (C=O) groups is 1. The van der Waals surface area contributed by atoms with Crippen molar-refractivity contribution in [1.29, 1.82) is 0 Å². The monoisotopic (exact) mass is 304 g/mol. The zero-order valence-corrected chi connectivity index (χ0v) is 12.9. The van der Waals surface area contributed by atoms with E-state index >= 15 is 0 Å². The van der Waals surface area contributed by atoms with Crippen LogP contribution < -0.4 is 0 Å². The molecule has 3 rings (SSSR count). The van der Waals surface area contributed by atoms with Gasteiger partial charge >= 0.3 is 0 Å². The summed E-state index contributed by atoms with van der Waals surface area (Å²) in [5.41, 5.74) is 2.63. The predicted molar refractivity (Wildman–Crippen MR) is 80.0 cm³/mol. The lowest BCUT2D eigenvalue weighted by Gasteiger charge is -2.18. The molecule has 21 heavy (non-hydrogen) atoms. The third-order valence-electron chi connectivity index (χ3n) is 3.73. The van der Waals surface area contributed by atoms with Crippen LogP contribution in [0.1, 0.15) is 48.4 Å². The van der Waals surface area contributed by atoms with Crippen LogP contribution >= 0.6 is 11.6 Å². The molecule has 0 aromatic carbocycles. The summed E-state index contributed by atoms with van der Waals surface area (Å²) >= 11 is 5.79. The summed E-state index contributed by atoms with van der Waals surface area (Å²) in [7, 11) is 0. The maximum Gasteiger partial charge on any atom is 0.176 e. The quantitative estimate of drug-likeness (QED) is 0.874. The fourth-order valence-electron chi connectivity index (χ4n) is 2.86. The largest absolute Gasteiger partial charge is 0.294 e. The number of hydrogen-bond acceptors (Lipinski definition) is 4. The van der Waals surface area contributed by atoms with Gasteiger partial charge in [0, 0.05) is 6.42 Å². The number of rotatable bonds is 3. The van der Waals surface area contributed by atoms with Crippen molar-refractivity contribution >= 4 is 17.4 Å². The number of aryl methyl sites for hydroxylation is 1. The van der Waals surface area contributed by atoms with E-state index in [4.69, 9.17) is 11.6 Å². The van der Waals surface area contributed by atoms with Crippen molar-refractivity contribution in [2.45, 2.75) is 39.5 Å². The molecular weight excluding hydrogens is 288 g/mol. The number of Topliss-reactive ketones (excluding diaryl/α,β-unsaturated/α-hetero) is 1.